The van der Waals surface area contributed by atoms with Crippen LogP contribution in [0.4, 0.5) is 9.18 Å². The molecule has 11 heteroatoms. The van der Waals surface area contributed by atoms with Crippen LogP contribution >= 0.6 is 0 Å². The van der Waals surface area contributed by atoms with Crippen molar-refractivity contribution >= 4 is 21.9 Å². The van der Waals surface area contributed by atoms with Gasteiger partial charge in [-0.05, 0) is 45.0 Å². The smallest absolute Gasteiger partial charge is 0.410 e. The highest BCUT2D eigenvalue weighted by molar-refractivity contribution is 7.86. The second-order valence-electron chi connectivity index (χ2n) is 8.34. The van der Waals surface area contributed by atoms with E-state index in [2.05, 4.69) is 10.2 Å². The Morgan fingerprint density at radius 3 is 2.56 bits per heavy atom. The number of carbonyl (C=O) groups excluding carboxylic acids is 1. The molecule has 3 rings (SSSR count). The Morgan fingerprint density at radius 2 is 1.91 bits per heavy atom. The molecule has 3 aromatic rings. The molecule has 9 nitrogen and oxygen atoms in total. The van der Waals surface area contributed by atoms with Crippen molar-refractivity contribution < 1.29 is 26.5 Å². The van der Waals surface area contributed by atoms with Gasteiger partial charge in [-0.15, -0.1) is 10.2 Å². The summed E-state index contributed by atoms with van der Waals surface area (Å²) >= 11 is 0. The first-order valence-electron chi connectivity index (χ1n) is 9.79. The number of likely N-dealkylation sites (N-methyl/N-ethyl adjacent to an activating group) is 1. The molecule has 0 bridgehead atoms. The Morgan fingerprint density at radius 1 is 1.19 bits per heavy atom. The molecule has 0 fully saturated rings. The fraction of sp³-hybridized carbons (Fsp3) is 0.381. The number of pyridine rings is 1. The third-order valence-electron chi connectivity index (χ3n) is 4.34. The zero-order valence-electron chi connectivity index (χ0n) is 18.5. The Balaban J connectivity index is 1.88. The van der Waals surface area contributed by atoms with Crippen LogP contribution in [0.15, 0.2) is 36.5 Å². The van der Waals surface area contributed by atoms with E-state index in [4.69, 9.17) is 8.92 Å². The van der Waals surface area contributed by atoms with Crippen LogP contribution < -0.4 is 4.18 Å². The van der Waals surface area contributed by atoms with Crippen molar-refractivity contribution in [3.05, 3.63) is 48.2 Å². The van der Waals surface area contributed by atoms with Crippen LogP contribution in [0.25, 0.3) is 16.8 Å². The zero-order valence-corrected chi connectivity index (χ0v) is 19.3. The molecule has 1 aromatic carbocycles. The Hall–Kier alpha value is -3.21. The molecule has 0 radical (unpaired) electrons. The van der Waals surface area contributed by atoms with Gasteiger partial charge in [-0.3, -0.25) is 4.40 Å². The van der Waals surface area contributed by atoms with Gasteiger partial charge < -0.3 is 13.8 Å². The fourth-order valence-electron chi connectivity index (χ4n) is 2.93. The van der Waals surface area contributed by atoms with Gasteiger partial charge in [0.1, 0.15) is 17.2 Å². The van der Waals surface area contributed by atoms with E-state index >= 15 is 0 Å². The number of carbonyl (C=O) groups is 1. The van der Waals surface area contributed by atoms with Crippen molar-refractivity contribution in [2.45, 2.75) is 32.8 Å². The van der Waals surface area contributed by atoms with E-state index in [-0.39, 0.29) is 5.75 Å². The van der Waals surface area contributed by atoms with E-state index in [9.17, 15) is 17.6 Å². The summed E-state index contributed by atoms with van der Waals surface area (Å²) in [7, 11) is -2.22. The molecule has 0 aliphatic heterocycles. The molecule has 0 saturated carbocycles. The van der Waals surface area contributed by atoms with Gasteiger partial charge in [-0.2, -0.15) is 8.42 Å². The maximum absolute atomic E-state index is 13.7. The first kappa shape index (κ1) is 23.5. The van der Waals surface area contributed by atoms with E-state index in [0.717, 1.165) is 12.3 Å². The van der Waals surface area contributed by atoms with Crippen LogP contribution in [0.3, 0.4) is 0 Å². The summed E-state index contributed by atoms with van der Waals surface area (Å²) in [5.41, 5.74) is 0.946. The summed E-state index contributed by atoms with van der Waals surface area (Å²) in [6.45, 7) is 5.73. The lowest BCUT2D eigenvalue weighted by Crippen LogP contribution is -2.35. The van der Waals surface area contributed by atoms with E-state index in [1.807, 2.05) is 0 Å². The van der Waals surface area contributed by atoms with Crippen LogP contribution in [0.5, 0.6) is 5.75 Å². The van der Waals surface area contributed by atoms with Gasteiger partial charge in [0, 0.05) is 43.4 Å². The van der Waals surface area contributed by atoms with E-state index in [0.29, 0.717) is 35.6 Å². The minimum absolute atomic E-state index is 0.119. The molecule has 32 heavy (non-hydrogen) atoms. The van der Waals surface area contributed by atoms with Crippen molar-refractivity contribution in [1.82, 2.24) is 19.5 Å². The molecule has 2 heterocycles. The highest BCUT2D eigenvalue weighted by Crippen LogP contribution is 2.32. The predicted molar refractivity (Wildman–Crippen MR) is 116 cm³/mol. The largest absolute Gasteiger partial charge is 0.444 e. The fourth-order valence-corrected chi connectivity index (χ4v) is 3.40. The summed E-state index contributed by atoms with van der Waals surface area (Å²) in [6.07, 6.45) is 2.56. The maximum Gasteiger partial charge on any atom is 0.410 e. The maximum atomic E-state index is 13.7. The molecular weight excluding hydrogens is 439 g/mol. The molecule has 0 aliphatic carbocycles. The normalized spacial score (nSPS) is 12.1. The molecule has 0 saturated heterocycles. The topological polar surface area (TPSA) is 103 Å². The number of aromatic nitrogens is 3. The van der Waals surface area contributed by atoms with Crippen LogP contribution in [0.2, 0.25) is 0 Å². The number of benzene rings is 1. The first-order chi connectivity index (χ1) is 14.8. The minimum Gasteiger partial charge on any atom is -0.444 e. The third kappa shape index (κ3) is 5.94. The van der Waals surface area contributed by atoms with Gasteiger partial charge in [-0.1, -0.05) is 0 Å². The van der Waals surface area contributed by atoms with E-state index < -0.39 is 27.6 Å². The molecule has 0 aliphatic rings. The third-order valence-corrected chi connectivity index (χ3v) is 4.83. The SMILES string of the molecule is CN(CCc1nnc2ccc(-c3ccc(F)cc3OS(C)(=O)=O)cn12)C(=O)OC(C)(C)C. The lowest BCUT2D eigenvalue weighted by Gasteiger charge is -2.24. The second-order valence-corrected chi connectivity index (χ2v) is 9.92. The zero-order chi connectivity index (χ0) is 23.7. The lowest BCUT2D eigenvalue weighted by molar-refractivity contribution is 0.0300. The van der Waals surface area contributed by atoms with Gasteiger partial charge in [-0.25, -0.2) is 9.18 Å². The van der Waals surface area contributed by atoms with Crippen LogP contribution in [0.1, 0.15) is 26.6 Å². The number of amides is 1. The van der Waals surface area contributed by atoms with Gasteiger partial charge in [0.2, 0.25) is 0 Å². The van der Waals surface area contributed by atoms with Crippen molar-refractivity contribution in [3.8, 4) is 16.9 Å². The molecule has 0 atom stereocenters. The van der Waals surface area contributed by atoms with Crippen molar-refractivity contribution in [3.63, 3.8) is 0 Å². The number of ether oxygens (including phenoxy) is 1. The molecule has 172 valence electrons. The van der Waals surface area contributed by atoms with Crippen molar-refractivity contribution in [2.75, 3.05) is 19.8 Å². The Kier molecular flexibility index (Phi) is 6.40. The number of nitrogens with zero attached hydrogens (tertiary/aromatic N) is 4. The average Bonchev–Trinajstić information content (AvgIpc) is 3.05. The van der Waals surface area contributed by atoms with E-state index in [1.165, 1.54) is 17.0 Å². The average molecular weight is 465 g/mol. The summed E-state index contributed by atoms with van der Waals surface area (Å²) in [5.74, 6) is -0.153. The monoisotopic (exact) mass is 464 g/mol. The summed E-state index contributed by atoms with van der Waals surface area (Å²) < 4.78 is 49.0. The molecule has 2 aromatic heterocycles. The minimum atomic E-state index is -3.85. The summed E-state index contributed by atoms with van der Waals surface area (Å²) in [5, 5.41) is 8.30. The van der Waals surface area contributed by atoms with Gasteiger partial charge in [0.15, 0.2) is 11.4 Å². The molecule has 0 spiro atoms. The van der Waals surface area contributed by atoms with Gasteiger partial charge in [0.25, 0.3) is 0 Å². The lowest BCUT2D eigenvalue weighted by atomic mass is 10.1. The molecule has 1 amide bonds. The van der Waals surface area contributed by atoms with Crippen molar-refractivity contribution in [2.24, 2.45) is 0 Å². The first-order valence-corrected chi connectivity index (χ1v) is 11.6. The summed E-state index contributed by atoms with van der Waals surface area (Å²) in [4.78, 5) is 13.6. The second kappa shape index (κ2) is 8.73. The van der Waals surface area contributed by atoms with Gasteiger partial charge in [0.05, 0.1) is 6.26 Å². The van der Waals surface area contributed by atoms with Crippen LogP contribution in [0, 0.1) is 5.82 Å². The van der Waals surface area contributed by atoms with E-state index in [1.54, 1.807) is 50.5 Å². The molecule has 0 unspecified atom stereocenters. The number of hydrogen-bond acceptors (Lipinski definition) is 7. The predicted octanol–water partition coefficient (Wildman–Crippen LogP) is 3.28. The highest BCUT2D eigenvalue weighted by atomic mass is 32.2. The highest BCUT2D eigenvalue weighted by Gasteiger charge is 2.20. The van der Waals surface area contributed by atoms with Gasteiger partial charge >= 0.3 is 16.2 Å². The molecule has 0 N–H and O–H groups in total. The number of halogens is 1. The number of hydrogen-bond donors (Lipinski definition) is 0. The number of rotatable bonds is 6. The summed E-state index contributed by atoms with van der Waals surface area (Å²) in [6, 6.07) is 7.10. The quantitative estimate of drug-likeness (QED) is 0.516. The standard InChI is InChI=1S/C21H25FN4O5S/c1-21(2,3)30-20(27)25(4)11-10-19-24-23-18-9-6-14(13-26(18)19)16-8-7-15(22)12-17(16)31-32(5,28)29/h6-9,12-13H,10-11H2,1-5H3. The number of fused-ring (bicyclic) bond motifs is 1. The van der Waals surface area contributed by atoms with Crippen molar-refractivity contribution in [1.29, 1.82) is 0 Å². The van der Waals surface area contributed by atoms with Crippen LogP contribution in [-0.2, 0) is 21.3 Å². The Labute approximate surface area is 185 Å². The molecular formula is C21H25FN4O5S. The Bertz CT molecular complexity index is 1250. The van der Waals surface area contributed by atoms with Crippen LogP contribution in [-0.4, -0.2) is 59.5 Å².